The Morgan fingerprint density at radius 2 is 2.08 bits per heavy atom. The highest BCUT2D eigenvalue weighted by atomic mass is 32.2. The Hall–Kier alpha value is -2.01. The van der Waals surface area contributed by atoms with E-state index in [0.717, 1.165) is 11.1 Å². The van der Waals surface area contributed by atoms with Gasteiger partial charge >= 0.3 is 5.97 Å². The molecule has 1 aliphatic carbocycles. The Morgan fingerprint density at radius 3 is 2.76 bits per heavy atom. The van der Waals surface area contributed by atoms with Crippen molar-refractivity contribution in [3.05, 3.63) is 59.0 Å². The smallest absolute Gasteiger partial charge is 0.311 e. The number of amides is 1. The van der Waals surface area contributed by atoms with Crippen molar-refractivity contribution in [3.63, 3.8) is 0 Å². The van der Waals surface area contributed by atoms with E-state index in [9.17, 15) is 14.7 Å². The second kappa shape index (κ2) is 5.77. The van der Waals surface area contributed by atoms with E-state index < -0.39 is 17.3 Å². The summed E-state index contributed by atoms with van der Waals surface area (Å²) in [5.41, 5.74) is 1.05. The van der Waals surface area contributed by atoms with Gasteiger partial charge in [0.05, 0.1) is 22.6 Å². The molecule has 1 N–H and O–H groups in total. The summed E-state index contributed by atoms with van der Waals surface area (Å²) in [6.45, 7) is 4.35. The molecule has 0 radical (unpaired) electrons. The molecule has 0 spiro atoms. The quantitative estimate of drug-likeness (QED) is 0.902. The van der Waals surface area contributed by atoms with Crippen molar-refractivity contribution < 1.29 is 14.7 Å². The minimum absolute atomic E-state index is 0.0333. The number of thioether (sulfide) groups is 1. The van der Waals surface area contributed by atoms with Gasteiger partial charge in [0.2, 0.25) is 5.91 Å². The van der Waals surface area contributed by atoms with Gasteiger partial charge < -0.3 is 10.0 Å². The first kappa shape index (κ1) is 16.5. The molecule has 3 aliphatic rings. The lowest BCUT2D eigenvalue weighted by Crippen LogP contribution is -2.51. The van der Waals surface area contributed by atoms with Crippen LogP contribution < -0.4 is 0 Å². The first-order valence-electron chi connectivity index (χ1n) is 8.57. The van der Waals surface area contributed by atoms with Gasteiger partial charge in [-0.25, -0.2) is 0 Å². The SMILES string of the molecule is C[C@H](c1ccccc1)N1C[C@H]2C=C3C=CS[C@H]3[C@](C)(C(=O)O)[C@@H]2C1=O. The number of hydrogen-bond donors (Lipinski definition) is 1. The number of carboxylic acid groups (broad SMARTS) is 1. The molecule has 130 valence electrons. The largest absolute Gasteiger partial charge is 0.481 e. The zero-order chi connectivity index (χ0) is 17.8. The number of carbonyl (C=O) groups excluding carboxylic acids is 1. The van der Waals surface area contributed by atoms with Crippen LogP contribution in [0.15, 0.2) is 53.5 Å². The van der Waals surface area contributed by atoms with E-state index >= 15 is 0 Å². The summed E-state index contributed by atoms with van der Waals surface area (Å²) in [7, 11) is 0. The molecule has 4 nitrogen and oxygen atoms in total. The molecular weight excluding hydrogens is 334 g/mol. The number of hydrogen-bond acceptors (Lipinski definition) is 3. The van der Waals surface area contributed by atoms with Crippen LogP contribution in [0.5, 0.6) is 0 Å². The third kappa shape index (κ3) is 2.29. The van der Waals surface area contributed by atoms with Crippen molar-refractivity contribution in [3.8, 4) is 0 Å². The van der Waals surface area contributed by atoms with Gasteiger partial charge in [-0.2, -0.15) is 0 Å². The lowest BCUT2D eigenvalue weighted by atomic mass is 9.64. The standard InChI is InChI=1S/C20H21NO3S/c1-12(13-6-4-3-5-7-13)21-11-15-10-14-8-9-25-17(14)20(2,19(23)24)16(15)18(21)22/h3-10,12,15-17H,11H2,1-2H3,(H,23,24)/t12-,15-,16+,17-,20-/m1/s1. The van der Waals surface area contributed by atoms with Crippen molar-refractivity contribution in [2.45, 2.75) is 25.1 Å². The van der Waals surface area contributed by atoms with Gasteiger partial charge in [0.15, 0.2) is 0 Å². The summed E-state index contributed by atoms with van der Waals surface area (Å²) in [6, 6.07) is 9.87. The highest BCUT2D eigenvalue weighted by molar-refractivity contribution is 8.03. The van der Waals surface area contributed by atoms with Crippen molar-refractivity contribution in [1.82, 2.24) is 4.90 Å². The maximum atomic E-state index is 13.3. The molecule has 1 aromatic rings. The molecule has 1 saturated heterocycles. The van der Waals surface area contributed by atoms with E-state index in [1.807, 2.05) is 53.6 Å². The molecule has 1 amide bonds. The number of allylic oxidation sites excluding steroid dienone is 1. The molecule has 25 heavy (non-hydrogen) atoms. The van der Waals surface area contributed by atoms with E-state index in [0.29, 0.717) is 6.54 Å². The fraction of sp³-hybridized carbons (Fsp3) is 0.400. The van der Waals surface area contributed by atoms with E-state index in [4.69, 9.17) is 0 Å². The Bertz CT molecular complexity index is 787. The third-order valence-electron chi connectivity index (χ3n) is 5.97. The number of nitrogens with zero attached hydrogens (tertiary/aromatic N) is 1. The lowest BCUT2D eigenvalue weighted by Gasteiger charge is -2.41. The van der Waals surface area contributed by atoms with Crippen LogP contribution >= 0.6 is 11.8 Å². The molecule has 0 unspecified atom stereocenters. The molecule has 4 rings (SSSR count). The van der Waals surface area contributed by atoms with E-state index in [1.165, 1.54) is 11.8 Å². The first-order chi connectivity index (χ1) is 11.9. The van der Waals surface area contributed by atoms with Gasteiger partial charge in [-0.05, 0) is 30.4 Å². The monoisotopic (exact) mass is 355 g/mol. The highest BCUT2D eigenvalue weighted by Crippen LogP contribution is 2.55. The van der Waals surface area contributed by atoms with Crippen LogP contribution in [0.3, 0.4) is 0 Å². The Kier molecular flexibility index (Phi) is 3.80. The topological polar surface area (TPSA) is 57.6 Å². The summed E-state index contributed by atoms with van der Waals surface area (Å²) in [5.74, 6) is -1.46. The molecule has 2 heterocycles. The Morgan fingerprint density at radius 1 is 1.36 bits per heavy atom. The predicted molar refractivity (Wildman–Crippen MR) is 97.9 cm³/mol. The molecule has 5 heteroatoms. The van der Waals surface area contributed by atoms with Crippen LogP contribution in [0.4, 0.5) is 0 Å². The molecule has 2 aliphatic heterocycles. The average molecular weight is 355 g/mol. The fourth-order valence-electron chi connectivity index (χ4n) is 4.54. The van der Waals surface area contributed by atoms with Crippen LogP contribution in [0, 0.1) is 17.3 Å². The summed E-state index contributed by atoms with van der Waals surface area (Å²) in [5, 5.41) is 11.8. The molecule has 0 bridgehead atoms. The molecule has 0 saturated carbocycles. The Labute approximate surface area is 151 Å². The number of benzene rings is 1. The number of fused-ring (bicyclic) bond motifs is 2. The molecular formula is C20H21NO3S. The maximum absolute atomic E-state index is 13.3. The number of rotatable bonds is 3. The van der Waals surface area contributed by atoms with Gasteiger partial charge in [0.1, 0.15) is 0 Å². The summed E-state index contributed by atoms with van der Waals surface area (Å²) < 4.78 is 0. The zero-order valence-electron chi connectivity index (χ0n) is 14.3. The second-order valence-corrected chi connectivity index (χ2v) is 8.31. The number of likely N-dealkylation sites (tertiary alicyclic amines) is 1. The Balaban J connectivity index is 1.72. The zero-order valence-corrected chi connectivity index (χ0v) is 15.1. The third-order valence-corrected chi connectivity index (χ3v) is 7.30. The molecule has 1 fully saturated rings. The van der Waals surface area contributed by atoms with Crippen molar-refractivity contribution >= 4 is 23.6 Å². The van der Waals surface area contributed by atoms with Crippen molar-refractivity contribution in [2.24, 2.45) is 17.3 Å². The summed E-state index contributed by atoms with van der Waals surface area (Å²) in [4.78, 5) is 27.3. The van der Waals surface area contributed by atoms with Crippen LogP contribution in [0.2, 0.25) is 0 Å². The second-order valence-electron chi connectivity index (χ2n) is 7.29. The molecule has 1 aromatic carbocycles. The van der Waals surface area contributed by atoms with Crippen LogP contribution in [-0.2, 0) is 9.59 Å². The van der Waals surface area contributed by atoms with Gasteiger partial charge in [0, 0.05) is 12.5 Å². The first-order valence-corrected chi connectivity index (χ1v) is 9.51. The van der Waals surface area contributed by atoms with E-state index in [1.54, 1.807) is 6.92 Å². The summed E-state index contributed by atoms with van der Waals surface area (Å²) in [6.07, 6.45) is 4.13. The van der Waals surface area contributed by atoms with Gasteiger partial charge in [0.25, 0.3) is 0 Å². The minimum Gasteiger partial charge on any atom is -0.481 e. The number of aliphatic carboxylic acids is 1. The predicted octanol–water partition coefficient (Wildman–Crippen LogP) is 3.48. The lowest BCUT2D eigenvalue weighted by molar-refractivity contribution is -0.156. The number of carboxylic acids is 1. The van der Waals surface area contributed by atoms with Crippen LogP contribution in [0.25, 0.3) is 0 Å². The van der Waals surface area contributed by atoms with E-state index in [2.05, 4.69) is 6.08 Å². The van der Waals surface area contributed by atoms with Crippen molar-refractivity contribution in [2.75, 3.05) is 6.54 Å². The van der Waals surface area contributed by atoms with Crippen LogP contribution in [-0.4, -0.2) is 33.7 Å². The van der Waals surface area contributed by atoms with Gasteiger partial charge in [-0.15, -0.1) is 11.8 Å². The average Bonchev–Trinajstić information content (AvgIpc) is 3.20. The minimum atomic E-state index is -1.08. The summed E-state index contributed by atoms with van der Waals surface area (Å²) >= 11 is 1.52. The highest BCUT2D eigenvalue weighted by Gasteiger charge is 2.61. The maximum Gasteiger partial charge on any atom is 0.311 e. The van der Waals surface area contributed by atoms with Gasteiger partial charge in [-0.1, -0.05) is 42.5 Å². The molecule has 5 atom stereocenters. The van der Waals surface area contributed by atoms with Gasteiger partial charge in [-0.3, -0.25) is 9.59 Å². The molecule has 0 aromatic heterocycles. The van der Waals surface area contributed by atoms with E-state index in [-0.39, 0.29) is 23.1 Å². The van der Waals surface area contributed by atoms with Crippen molar-refractivity contribution in [1.29, 1.82) is 0 Å². The van der Waals surface area contributed by atoms with Crippen LogP contribution in [0.1, 0.15) is 25.5 Å². The normalized spacial score (nSPS) is 34.5. The number of carbonyl (C=O) groups is 2. The fourth-order valence-corrected chi connectivity index (χ4v) is 5.78.